The minimum atomic E-state index is 0. The van der Waals surface area contributed by atoms with Crippen molar-refractivity contribution in [2.45, 2.75) is 20.0 Å². The zero-order valence-electron chi connectivity index (χ0n) is 18.4. The first-order chi connectivity index (χ1) is 15.2. The van der Waals surface area contributed by atoms with Crippen LogP contribution in [0.4, 0.5) is 0 Å². The third kappa shape index (κ3) is 6.42. The maximum Gasteiger partial charge on any atom is 0.194 e. The van der Waals surface area contributed by atoms with Crippen LogP contribution in [-0.2, 0) is 13.1 Å². The van der Waals surface area contributed by atoms with Gasteiger partial charge in [0.05, 0.1) is 25.0 Å². The Kier molecular flexibility index (Phi) is 9.30. The third-order valence-corrected chi connectivity index (χ3v) is 6.10. The zero-order chi connectivity index (χ0) is 21.5. The van der Waals surface area contributed by atoms with Gasteiger partial charge in [0, 0.05) is 56.3 Å². The molecule has 10 heteroatoms. The molecule has 0 bridgehead atoms. The highest BCUT2D eigenvalue weighted by Gasteiger charge is 2.20. The second-order valence-electron chi connectivity index (χ2n) is 7.30. The van der Waals surface area contributed by atoms with E-state index >= 15 is 0 Å². The van der Waals surface area contributed by atoms with E-state index in [0.717, 1.165) is 72.9 Å². The van der Waals surface area contributed by atoms with Gasteiger partial charge >= 0.3 is 0 Å². The maximum atomic E-state index is 5.23. The molecule has 3 heterocycles. The Morgan fingerprint density at radius 2 is 1.94 bits per heavy atom. The summed E-state index contributed by atoms with van der Waals surface area (Å²) in [5, 5.41) is 10.5. The number of hydrogen-bond acceptors (Lipinski definition) is 7. The summed E-state index contributed by atoms with van der Waals surface area (Å²) in [5.41, 5.74) is 3.05. The van der Waals surface area contributed by atoms with Crippen LogP contribution in [0.25, 0.3) is 10.6 Å². The van der Waals surface area contributed by atoms with Crippen molar-refractivity contribution >= 4 is 41.3 Å². The summed E-state index contributed by atoms with van der Waals surface area (Å²) < 4.78 is 10.2. The highest BCUT2D eigenvalue weighted by molar-refractivity contribution is 14.0. The minimum absolute atomic E-state index is 0. The Morgan fingerprint density at radius 3 is 2.59 bits per heavy atom. The molecule has 0 amide bonds. The molecular weight excluding hydrogens is 539 g/mol. The number of thiazole rings is 1. The van der Waals surface area contributed by atoms with Crippen LogP contribution in [0.1, 0.15) is 18.3 Å². The topological polar surface area (TPSA) is 79.0 Å². The molecule has 1 N–H and O–H groups in total. The number of nitrogens with zero attached hydrogens (tertiary/aromatic N) is 5. The van der Waals surface area contributed by atoms with Gasteiger partial charge in [-0.15, -0.1) is 35.3 Å². The van der Waals surface area contributed by atoms with Crippen LogP contribution in [0.5, 0.6) is 5.75 Å². The number of piperazine rings is 1. The Bertz CT molecular complexity index is 969. The number of aromatic nitrogens is 2. The molecule has 1 aliphatic heterocycles. The molecule has 8 nitrogen and oxygen atoms in total. The van der Waals surface area contributed by atoms with Gasteiger partial charge in [-0.1, -0.05) is 5.16 Å². The lowest BCUT2D eigenvalue weighted by atomic mass is 10.2. The number of ether oxygens (including phenoxy) is 1. The predicted molar refractivity (Wildman–Crippen MR) is 138 cm³/mol. The quantitative estimate of drug-likeness (QED) is 0.265. The second kappa shape index (κ2) is 12.2. The first-order valence-corrected chi connectivity index (χ1v) is 11.4. The maximum absolute atomic E-state index is 5.23. The number of aliphatic imine (C=N–C) groups is 1. The van der Waals surface area contributed by atoms with E-state index in [2.05, 4.69) is 32.6 Å². The number of methoxy groups -OCH3 is 1. The van der Waals surface area contributed by atoms with Crippen LogP contribution >= 0.6 is 35.3 Å². The Hall–Kier alpha value is -2.18. The molecule has 0 radical (unpaired) electrons. The van der Waals surface area contributed by atoms with Crippen LogP contribution in [-0.4, -0.2) is 65.7 Å². The summed E-state index contributed by atoms with van der Waals surface area (Å²) in [5.74, 6) is 1.80. The van der Waals surface area contributed by atoms with Gasteiger partial charge in [0.15, 0.2) is 5.96 Å². The standard InChI is InChI=1S/C22H28N6O2S.HI/c1-3-23-22(28-11-9-27(10-12-28)15-18-8-13-30-26-18)24-14-19-16-31-21(25-19)17-4-6-20(29-2)7-5-17;/h4-8,13,16H,3,9-12,14-15H2,1-2H3,(H,23,24);1H. The SMILES string of the molecule is CCNC(=NCc1csc(-c2ccc(OC)cc2)n1)N1CCN(Cc2ccon2)CC1.I. The summed E-state index contributed by atoms with van der Waals surface area (Å²) in [6.07, 6.45) is 1.63. The van der Waals surface area contributed by atoms with Crippen molar-refractivity contribution in [3.8, 4) is 16.3 Å². The molecule has 1 saturated heterocycles. The van der Waals surface area contributed by atoms with Gasteiger partial charge < -0.3 is 19.5 Å². The smallest absolute Gasteiger partial charge is 0.194 e. The van der Waals surface area contributed by atoms with Crippen molar-refractivity contribution in [2.75, 3.05) is 39.8 Å². The van der Waals surface area contributed by atoms with Gasteiger partial charge in [-0.2, -0.15) is 0 Å². The molecule has 0 spiro atoms. The Morgan fingerprint density at radius 1 is 1.16 bits per heavy atom. The normalized spacial score (nSPS) is 14.8. The summed E-state index contributed by atoms with van der Waals surface area (Å²) >= 11 is 1.64. The molecule has 172 valence electrons. The fourth-order valence-corrected chi connectivity index (χ4v) is 4.31. The van der Waals surface area contributed by atoms with E-state index in [1.807, 2.05) is 30.3 Å². The van der Waals surface area contributed by atoms with E-state index in [1.54, 1.807) is 24.7 Å². The van der Waals surface area contributed by atoms with Crippen molar-refractivity contribution < 1.29 is 9.26 Å². The number of nitrogens with one attached hydrogen (secondary N) is 1. The van der Waals surface area contributed by atoms with Crippen molar-refractivity contribution in [1.82, 2.24) is 25.3 Å². The molecule has 4 rings (SSSR count). The lowest BCUT2D eigenvalue weighted by molar-refractivity contribution is 0.169. The van der Waals surface area contributed by atoms with E-state index in [0.29, 0.717) is 6.54 Å². The van der Waals surface area contributed by atoms with Crippen molar-refractivity contribution in [2.24, 2.45) is 4.99 Å². The van der Waals surface area contributed by atoms with Crippen molar-refractivity contribution in [1.29, 1.82) is 0 Å². The molecule has 0 saturated carbocycles. The molecule has 1 fully saturated rings. The predicted octanol–water partition coefficient (Wildman–Crippen LogP) is 3.71. The average molecular weight is 568 g/mol. The van der Waals surface area contributed by atoms with E-state index in [9.17, 15) is 0 Å². The molecule has 1 aliphatic rings. The van der Waals surface area contributed by atoms with Crippen LogP contribution in [0.2, 0.25) is 0 Å². The van der Waals surface area contributed by atoms with Gasteiger partial charge in [-0.05, 0) is 31.2 Å². The van der Waals surface area contributed by atoms with Crippen LogP contribution in [0, 0.1) is 0 Å². The largest absolute Gasteiger partial charge is 0.497 e. The summed E-state index contributed by atoms with van der Waals surface area (Å²) in [6.45, 7) is 8.12. The zero-order valence-corrected chi connectivity index (χ0v) is 21.5. The van der Waals surface area contributed by atoms with Crippen molar-refractivity contribution in [3.05, 3.63) is 53.4 Å². The van der Waals surface area contributed by atoms with Crippen LogP contribution < -0.4 is 10.1 Å². The highest BCUT2D eigenvalue weighted by atomic mass is 127. The molecule has 32 heavy (non-hydrogen) atoms. The first kappa shape index (κ1) is 24.5. The van der Waals surface area contributed by atoms with E-state index in [1.165, 1.54) is 0 Å². The van der Waals surface area contributed by atoms with Crippen LogP contribution in [0.15, 0.2) is 51.5 Å². The first-order valence-electron chi connectivity index (χ1n) is 10.5. The summed E-state index contributed by atoms with van der Waals surface area (Å²) in [6, 6.07) is 9.91. The fraction of sp³-hybridized carbons (Fsp3) is 0.409. The molecule has 1 aromatic carbocycles. The lowest BCUT2D eigenvalue weighted by Gasteiger charge is -2.36. The van der Waals surface area contributed by atoms with Gasteiger partial charge in [0.2, 0.25) is 0 Å². The fourth-order valence-electron chi connectivity index (χ4n) is 3.49. The van der Waals surface area contributed by atoms with Gasteiger partial charge in [-0.25, -0.2) is 9.98 Å². The second-order valence-corrected chi connectivity index (χ2v) is 8.15. The van der Waals surface area contributed by atoms with E-state index < -0.39 is 0 Å². The van der Waals surface area contributed by atoms with Gasteiger partial charge in [-0.3, -0.25) is 4.90 Å². The van der Waals surface area contributed by atoms with Gasteiger partial charge in [0.25, 0.3) is 0 Å². The van der Waals surface area contributed by atoms with Crippen LogP contribution in [0.3, 0.4) is 0 Å². The van der Waals surface area contributed by atoms with Gasteiger partial charge in [0.1, 0.15) is 17.0 Å². The van der Waals surface area contributed by atoms with E-state index in [4.69, 9.17) is 19.2 Å². The monoisotopic (exact) mass is 568 g/mol. The minimum Gasteiger partial charge on any atom is -0.497 e. The number of halogens is 1. The summed E-state index contributed by atoms with van der Waals surface area (Å²) in [4.78, 5) is 14.3. The number of benzene rings is 1. The molecular formula is C22H29IN6O2S. The van der Waals surface area contributed by atoms with Crippen molar-refractivity contribution in [3.63, 3.8) is 0 Å². The molecule has 2 aromatic heterocycles. The Balaban J connectivity index is 0.00000289. The Labute approximate surface area is 209 Å². The average Bonchev–Trinajstić information content (AvgIpc) is 3.50. The lowest BCUT2D eigenvalue weighted by Crippen LogP contribution is -2.52. The number of hydrogen-bond donors (Lipinski definition) is 1. The highest BCUT2D eigenvalue weighted by Crippen LogP contribution is 2.26. The molecule has 0 unspecified atom stereocenters. The molecule has 3 aromatic rings. The third-order valence-electron chi connectivity index (χ3n) is 5.16. The molecule has 0 atom stereocenters. The van der Waals surface area contributed by atoms with E-state index in [-0.39, 0.29) is 24.0 Å². The number of rotatable bonds is 7. The molecule has 0 aliphatic carbocycles. The summed E-state index contributed by atoms with van der Waals surface area (Å²) in [7, 11) is 1.67. The number of guanidine groups is 1.